The largest absolute Gasteiger partial charge is 0.354 e. The number of aromatic nitrogens is 4. The molecule has 1 saturated heterocycles. The van der Waals surface area contributed by atoms with Crippen molar-refractivity contribution in [2.24, 2.45) is 7.05 Å². The van der Waals surface area contributed by atoms with Crippen LogP contribution in [0.15, 0.2) is 18.3 Å². The Bertz CT molecular complexity index is 618. The lowest BCUT2D eigenvalue weighted by atomic mass is 10.2. The zero-order valence-electron chi connectivity index (χ0n) is 13.7. The standard InChI is InChI=1S/C16H24N6/c1-13-5-6-16(19-18-13)22-8-4-7-21(9-10-22)12-15-11-17-20(3)14(15)2/h5-6,11H,4,7-10,12H2,1-3H3. The molecule has 1 aliphatic heterocycles. The highest BCUT2D eigenvalue weighted by atomic mass is 15.3. The van der Waals surface area contributed by atoms with Crippen LogP contribution in [0.5, 0.6) is 0 Å². The van der Waals surface area contributed by atoms with Crippen LogP contribution >= 0.6 is 0 Å². The van der Waals surface area contributed by atoms with E-state index in [0.717, 1.165) is 50.7 Å². The summed E-state index contributed by atoms with van der Waals surface area (Å²) in [5.74, 6) is 0.991. The summed E-state index contributed by atoms with van der Waals surface area (Å²) in [5.41, 5.74) is 3.55. The summed E-state index contributed by atoms with van der Waals surface area (Å²) < 4.78 is 1.95. The minimum Gasteiger partial charge on any atom is -0.354 e. The normalized spacial score (nSPS) is 16.8. The average Bonchev–Trinajstić information content (AvgIpc) is 2.72. The van der Waals surface area contributed by atoms with Crippen molar-refractivity contribution in [1.29, 1.82) is 0 Å². The Morgan fingerprint density at radius 2 is 1.91 bits per heavy atom. The van der Waals surface area contributed by atoms with Crippen molar-refractivity contribution in [3.05, 3.63) is 35.3 Å². The fraction of sp³-hybridized carbons (Fsp3) is 0.562. The molecule has 1 aliphatic rings. The average molecular weight is 300 g/mol. The molecule has 2 aromatic heterocycles. The first kappa shape index (κ1) is 15.0. The van der Waals surface area contributed by atoms with Gasteiger partial charge in [0.15, 0.2) is 5.82 Å². The maximum Gasteiger partial charge on any atom is 0.151 e. The van der Waals surface area contributed by atoms with Gasteiger partial charge < -0.3 is 4.90 Å². The number of anilines is 1. The third-order valence-corrected chi connectivity index (χ3v) is 4.43. The van der Waals surface area contributed by atoms with E-state index in [1.165, 1.54) is 11.3 Å². The maximum atomic E-state index is 4.34. The quantitative estimate of drug-likeness (QED) is 0.860. The highest BCUT2D eigenvalue weighted by Gasteiger charge is 2.17. The van der Waals surface area contributed by atoms with E-state index in [1.807, 2.05) is 30.9 Å². The minimum absolute atomic E-state index is 0.965. The molecule has 0 unspecified atom stereocenters. The van der Waals surface area contributed by atoms with Crippen molar-refractivity contribution in [2.75, 3.05) is 31.1 Å². The van der Waals surface area contributed by atoms with Gasteiger partial charge in [0.05, 0.1) is 11.9 Å². The fourth-order valence-corrected chi connectivity index (χ4v) is 2.86. The number of rotatable bonds is 3. The molecule has 6 heteroatoms. The lowest BCUT2D eigenvalue weighted by Crippen LogP contribution is -2.31. The van der Waals surface area contributed by atoms with Crippen LogP contribution < -0.4 is 4.90 Å². The third-order valence-electron chi connectivity index (χ3n) is 4.43. The summed E-state index contributed by atoms with van der Waals surface area (Å²) in [4.78, 5) is 4.84. The molecule has 3 rings (SSSR count). The Labute approximate surface area is 131 Å². The molecule has 0 bridgehead atoms. The molecule has 0 radical (unpaired) electrons. The smallest absolute Gasteiger partial charge is 0.151 e. The molecule has 118 valence electrons. The van der Waals surface area contributed by atoms with Crippen LogP contribution in [0.1, 0.15) is 23.4 Å². The first-order chi connectivity index (χ1) is 10.6. The molecule has 0 aromatic carbocycles. The van der Waals surface area contributed by atoms with Crippen LogP contribution in [0.2, 0.25) is 0 Å². The summed E-state index contributed by atoms with van der Waals surface area (Å²) in [6.45, 7) is 9.28. The molecule has 1 fully saturated rings. The van der Waals surface area contributed by atoms with Gasteiger partial charge in [-0.3, -0.25) is 9.58 Å². The molecule has 2 aromatic rings. The topological polar surface area (TPSA) is 50.1 Å². The van der Waals surface area contributed by atoms with Crippen molar-refractivity contribution in [3.8, 4) is 0 Å². The Morgan fingerprint density at radius 1 is 1.05 bits per heavy atom. The van der Waals surface area contributed by atoms with Gasteiger partial charge in [-0.15, -0.1) is 5.10 Å². The van der Waals surface area contributed by atoms with Gasteiger partial charge in [-0.25, -0.2) is 0 Å². The van der Waals surface area contributed by atoms with Crippen LogP contribution in [0.4, 0.5) is 5.82 Å². The SMILES string of the molecule is Cc1ccc(N2CCCN(Cc3cnn(C)c3C)CC2)nn1. The highest BCUT2D eigenvalue weighted by molar-refractivity contribution is 5.37. The molecule has 0 N–H and O–H groups in total. The number of aryl methyl sites for hydroxylation is 2. The van der Waals surface area contributed by atoms with Crippen LogP contribution in [-0.2, 0) is 13.6 Å². The summed E-state index contributed by atoms with van der Waals surface area (Å²) in [5, 5.41) is 12.8. The van der Waals surface area contributed by atoms with Gasteiger partial charge in [-0.05, 0) is 32.4 Å². The molecule has 6 nitrogen and oxygen atoms in total. The van der Waals surface area contributed by atoms with E-state index in [1.54, 1.807) is 0 Å². The van der Waals surface area contributed by atoms with Crippen molar-refractivity contribution in [1.82, 2.24) is 24.9 Å². The van der Waals surface area contributed by atoms with Gasteiger partial charge in [0, 0.05) is 51.0 Å². The fourth-order valence-electron chi connectivity index (χ4n) is 2.86. The molecule has 0 atom stereocenters. The predicted octanol–water partition coefficient (Wildman–Crippen LogP) is 1.54. The van der Waals surface area contributed by atoms with Crippen molar-refractivity contribution in [3.63, 3.8) is 0 Å². The Balaban J connectivity index is 1.62. The van der Waals surface area contributed by atoms with Gasteiger partial charge in [0.2, 0.25) is 0 Å². The summed E-state index contributed by atoms with van der Waals surface area (Å²) >= 11 is 0. The molecule has 3 heterocycles. The maximum absolute atomic E-state index is 4.34. The van der Waals surface area contributed by atoms with Gasteiger partial charge >= 0.3 is 0 Å². The van der Waals surface area contributed by atoms with E-state index in [0.29, 0.717) is 0 Å². The predicted molar refractivity (Wildman–Crippen MR) is 86.8 cm³/mol. The van der Waals surface area contributed by atoms with E-state index < -0.39 is 0 Å². The Hall–Kier alpha value is -1.95. The second kappa shape index (κ2) is 6.44. The van der Waals surface area contributed by atoms with Crippen LogP contribution in [0.3, 0.4) is 0 Å². The van der Waals surface area contributed by atoms with Crippen molar-refractivity contribution >= 4 is 5.82 Å². The molecule has 0 saturated carbocycles. The zero-order chi connectivity index (χ0) is 15.5. The summed E-state index contributed by atoms with van der Waals surface area (Å²) in [6, 6.07) is 4.10. The number of hydrogen-bond donors (Lipinski definition) is 0. The van der Waals surface area contributed by atoms with E-state index >= 15 is 0 Å². The molecular weight excluding hydrogens is 276 g/mol. The van der Waals surface area contributed by atoms with Crippen LogP contribution in [0, 0.1) is 13.8 Å². The number of hydrogen-bond acceptors (Lipinski definition) is 5. The van der Waals surface area contributed by atoms with Crippen molar-refractivity contribution in [2.45, 2.75) is 26.8 Å². The summed E-state index contributed by atoms with van der Waals surface area (Å²) in [7, 11) is 2.00. The summed E-state index contributed by atoms with van der Waals surface area (Å²) in [6.07, 6.45) is 3.14. The Morgan fingerprint density at radius 3 is 2.59 bits per heavy atom. The van der Waals surface area contributed by atoms with Gasteiger partial charge in [-0.2, -0.15) is 10.2 Å². The van der Waals surface area contributed by atoms with Gasteiger partial charge in [0.1, 0.15) is 0 Å². The first-order valence-corrected chi connectivity index (χ1v) is 7.88. The monoisotopic (exact) mass is 300 g/mol. The molecule has 22 heavy (non-hydrogen) atoms. The lowest BCUT2D eigenvalue weighted by Gasteiger charge is -2.22. The Kier molecular flexibility index (Phi) is 4.38. The number of nitrogens with zero attached hydrogens (tertiary/aromatic N) is 6. The second-order valence-electron chi connectivity index (χ2n) is 6.03. The molecular formula is C16H24N6. The third kappa shape index (κ3) is 3.27. The van der Waals surface area contributed by atoms with Crippen LogP contribution in [-0.4, -0.2) is 51.1 Å². The highest BCUT2D eigenvalue weighted by Crippen LogP contribution is 2.15. The molecule has 0 amide bonds. The van der Waals surface area contributed by atoms with Gasteiger partial charge in [0.25, 0.3) is 0 Å². The van der Waals surface area contributed by atoms with E-state index in [9.17, 15) is 0 Å². The van der Waals surface area contributed by atoms with Gasteiger partial charge in [-0.1, -0.05) is 0 Å². The van der Waals surface area contributed by atoms with E-state index in [4.69, 9.17) is 0 Å². The second-order valence-corrected chi connectivity index (χ2v) is 6.03. The van der Waals surface area contributed by atoms with E-state index in [-0.39, 0.29) is 0 Å². The molecule has 0 aliphatic carbocycles. The lowest BCUT2D eigenvalue weighted by molar-refractivity contribution is 0.285. The molecule has 0 spiro atoms. The minimum atomic E-state index is 0.965. The first-order valence-electron chi connectivity index (χ1n) is 7.88. The zero-order valence-corrected chi connectivity index (χ0v) is 13.7. The van der Waals surface area contributed by atoms with Crippen LogP contribution in [0.25, 0.3) is 0 Å². The van der Waals surface area contributed by atoms with Crippen molar-refractivity contribution < 1.29 is 0 Å². The van der Waals surface area contributed by atoms with E-state index in [2.05, 4.69) is 38.1 Å².